The van der Waals surface area contributed by atoms with Crippen molar-refractivity contribution in [2.24, 2.45) is 0 Å². The molecular weight excluding hydrogens is 316 g/mol. The molecule has 1 aromatic heterocycles. The van der Waals surface area contributed by atoms with Crippen molar-refractivity contribution in [2.45, 2.75) is 11.4 Å². The summed E-state index contributed by atoms with van der Waals surface area (Å²) in [5.41, 5.74) is 6.10. The summed E-state index contributed by atoms with van der Waals surface area (Å²) in [6, 6.07) is 4.52. The standard InChI is InChI=1S/C12H15ClN4O3S/c1-20-6-5-17-8-9(7-15-17)16-21(18,19)12-10(13)3-2-4-11(12)14/h2-4,7-8,16H,5-6,14H2,1H3. The molecule has 114 valence electrons. The number of nitrogen functional groups attached to an aromatic ring is 1. The molecule has 0 aliphatic heterocycles. The zero-order valence-corrected chi connectivity index (χ0v) is 12.9. The van der Waals surface area contributed by atoms with Crippen LogP contribution in [0.5, 0.6) is 0 Å². The van der Waals surface area contributed by atoms with Crippen LogP contribution in [0.15, 0.2) is 35.5 Å². The van der Waals surface area contributed by atoms with Crippen molar-refractivity contribution in [1.29, 1.82) is 0 Å². The summed E-state index contributed by atoms with van der Waals surface area (Å²) in [7, 11) is -2.30. The number of rotatable bonds is 6. The van der Waals surface area contributed by atoms with Gasteiger partial charge in [-0.1, -0.05) is 17.7 Å². The smallest absolute Gasteiger partial charge is 0.265 e. The van der Waals surface area contributed by atoms with Gasteiger partial charge in [-0.15, -0.1) is 0 Å². The minimum Gasteiger partial charge on any atom is -0.398 e. The molecule has 7 nitrogen and oxygen atoms in total. The molecule has 0 bridgehead atoms. The molecule has 0 saturated heterocycles. The molecule has 9 heteroatoms. The van der Waals surface area contributed by atoms with Gasteiger partial charge >= 0.3 is 0 Å². The van der Waals surface area contributed by atoms with Crippen LogP contribution in [0.4, 0.5) is 11.4 Å². The van der Waals surface area contributed by atoms with Crippen LogP contribution in [0, 0.1) is 0 Å². The third-order valence-corrected chi connectivity index (χ3v) is 4.60. The molecule has 2 rings (SSSR count). The zero-order valence-electron chi connectivity index (χ0n) is 11.3. The number of hydrogen-bond acceptors (Lipinski definition) is 5. The molecule has 3 N–H and O–H groups in total. The summed E-state index contributed by atoms with van der Waals surface area (Å²) in [4.78, 5) is -0.142. The quantitative estimate of drug-likeness (QED) is 0.783. The molecule has 1 aromatic carbocycles. The molecule has 0 unspecified atom stereocenters. The third kappa shape index (κ3) is 3.66. The number of nitrogens with one attached hydrogen (secondary N) is 1. The maximum absolute atomic E-state index is 12.3. The largest absolute Gasteiger partial charge is 0.398 e. The van der Waals surface area contributed by atoms with E-state index in [9.17, 15) is 8.42 Å². The Kier molecular flexibility index (Phi) is 4.71. The fourth-order valence-electron chi connectivity index (χ4n) is 1.74. The third-order valence-electron chi connectivity index (χ3n) is 2.68. The molecule has 21 heavy (non-hydrogen) atoms. The van der Waals surface area contributed by atoms with E-state index < -0.39 is 10.0 Å². The lowest BCUT2D eigenvalue weighted by molar-refractivity contribution is 0.183. The van der Waals surface area contributed by atoms with Crippen LogP contribution in [0.1, 0.15) is 0 Å². The van der Waals surface area contributed by atoms with E-state index in [4.69, 9.17) is 22.1 Å². The van der Waals surface area contributed by atoms with Crippen LogP contribution >= 0.6 is 11.6 Å². The number of benzene rings is 1. The van der Waals surface area contributed by atoms with Gasteiger partial charge in [0.25, 0.3) is 10.0 Å². The van der Waals surface area contributed by atoms with Crippen LogP contribution in [0.2, 0.25) is 5.02 Å². The van der Waals surface area contributed by atoms with Crippen molar-refractivity contribution in [3.05, 3.63) is 35.6 Å². The first kappa shape index (κ1) is 15.6. The normalized spacial score (nSPS) is 11.5. The zero-order chi connectivity index (χ0) is 15.5. The lowest BCUT2D eigenvalue weighted by atomic mass is 10.3. The summed E-state index contributed by atoms with van der Waals surface area (Å²) >= 11 is 5.92. The molecule has 0 spiro atoms. The number of anilines is 2. The highest BCUT2D eigenvalue weighted by Gasteiger charge is 2.21. The highest BCUT2D eigenvalue weighted by Crippen LogP contribution is 2.28. The van der Waals surface area contributed by atoms with Crippen molar-refractivity contribution in [3.63, 3.8) is 0 Å². The van der Waals surface area contributed by atoms with Crippen molar-refractivity contribution in [1.82, 2.24) is 9.78 Å². The summed E-state index contributed by atoms with van der Waals surface area (Å²) in [5, 5.41) is 4.09. The molecular formula is C12H15ClN4O3S. The number of hydrogen-bond donors (Lipinski definition) is 2. The second kappa shape index (κ2) is 6.33. The first-order chi connectivity index (χ1) is 9.94. The maximum Gasteiger partial charge on any atom is 0.265 e. The fraction of sp³-hybridized carbons (Fsp3) is 0.250. The van der Waals surface area contributed by atoms with E-state index in [1.165, 1.54) is 18.3 Å². The van der Waals surface area contributed by atoms with Gasteiger partial charge in [-0.25, -0.2) is 8.42 Å². The van der Waals surface area contributed by atoms with E-state index in [0.717, 1.165) is 0 Å². The predicted octanol–water partition coefficient (Wildman–Crippen LogP) is 1.57. The van der Waals surface area contributed by atoms with Crippen LogP contribution in [-0.4, -0.2) is 31.9 Å². The van der Waals surface area contributed by atoms with E-state index >= 15 is 0 Å². The van der Waals surface area contributed by atoms with Crippen LogP contribution < -0.4 is 10.5 Å². The Hall–Kier alpha value is -1.77. The number of ether oxygens (including phenoxy) is 1. The fourth-order valence-corrected chi connectivity index (χ4v) is 3.45. The van der Waals surface area contributed by atoms with Crippen molar-refractivity contribution >= 4 is 33.0 Å². The van der Waals surface area contributed by atoms with Gasteiger partial charge in [-0.3, -0.25) is 9.40 Å². The average molecular weight is 331 g/mol. The van der Waals surface area contributed by atoms with Crippen LogP contribution in [-0.2, 0) is 21.3 Å². The summed E-state index contributed by atoms with van der Waals surface area (Å²) in [5.74, 6) is 0. The molecule has 1 heterocycles. The Balaban J connectivity index is 2.23. The van der Waals surface area contributed by atoms with Gasteiger partial charge in [0.2, 0.25) is 0 Å². The van der Waals surface area contributed by atoms with E-state index in [-0.39, 0.29) is 15.6 Å². The summed E-state index contributed by atoms with van der Waals surface area (Å²) in [6.07, 6.45) is 2.96. The van der Waals surface area contributed by atoms with Crippen molar-refractivity contribution < 1.29 is 13.2 Å². The minimum absolute atomic E-state index is 0.0641. The second-order valence-electron chi connectivity index (χ2n) is 4.25. The summed E-state index contributed by atoms with van der Waals surface area (Å²) < 4.78 is 33.5. The first-order valence-electron chi connectivity index (χ1n) is 6.02. The lowest BCUT2D eigenvalue weighted by Gasteiger charge is -2.10. The first-order valence-corrected chi connectivity index (χ1v) is 7.88. The van der Waals surface area contributed by atoms with Crippen LogP contribution in [0.25, 0.3) is 0 Å². The highest BCUT2D eigenvalue weighted by atomic mass is 35.5. The number of halogens is 1. The molecule has 0 fully saturated rings. The average Bonchev–Trinajstić information content (AvgIpc) is 2.82. The molecule has 2 aromatic rings. The van der Waals surface area contributed by atoms with Gasteiger partial charge in [0.05, 0.1) is 35.7 Å². The number of methoxy groups -OCH3 is 1. The van der Waals surface area contributed by atoms with E-state index in [2.05, 4.69) is 9.82 Å². The Bertz CT molecular complexity index is 710. The number of sulfonamides is 1. The molecule has 0 amide bonds. The highest BCUT2D eigenvalue weighted by molar-refractivity contribution is 7.93. The van der Waals surface area contributed by atoms with Gasteiger partial charge in [0, 0.05) is 13.3 Å². The number of aromatic nitrogens is 2. The number of nitrogens with zero attached hydrogens (tertiary/aromatic N) is 2. The Morgan fingerprint density at radius 3 is 2.90 bits per heavy atom. The van der Waals surface area contributed by atoms with Gasteiger partial charge < -0.3 is 10.5 Å². The van der Waals surface area contributed by atoms with Gasteiger partial charge in [0.15, 0.2) is 0 Å². The molecule has 0 aliphatic rings. The predicted molar refractivity (Wildman–Crippen MR) is 80.8 cm³/mol. The minimum atomic E-state index is -3.87. The SMILES string of the molecule is COCCn1cc(NS(=O)(=O)c2c(N)cccc2Cl)cn1. The van der Waals surface area contributed by atoms with E-state index in [1.807, 2.05) is 0 Å². The van der Waals surface area contributed by atoms with Gasteiger partial charge in [-0.2, -0.15) is 5.10 Å². The van der Waals surface area contributed by atoms with E-state index in [1.54, 1.807) is 24.1 Å². The van der Waals surface area contributed by atoms with Gasteiger partial charge in [-0.05, 0) is 12.1 Å². The van der Waals surface area contributed by atoms with Gasteiger partial charge in [0.1, 0.15) is 4.90 Å². The molecule has 0 atom stereocenters. The summed E-state index contributed by atoms with van der Waals surface area (Å²) in [6.45, 7) is 0.998. The lowest BCUT2D eigenvalue weighted by Crippen LogP contribution is -2.15. The molecule has 0 saturated carbocycles. The molecule has 0 aliphatic carbocycles. The maximum atomic E-state index is 12.3. The van der Waals surface area contributed by atoms with E-state index in [0.29, 0.717) is 18.8 Å². The van der Waals surface area contributed by atoms with Crippen LogP contribution in [0.3, 0.4) is 0 Å². The Morgan fingerprint density at radius 2 is 2.24 bits per heavy atom. The second-order valence-corrected chi connectivity index (χ2v) is 6.28. The Morgan fingerprint density at radius 1 is 1.48 bits per heavy atom. The van der Waals surface area contributed by atoms with Crippen molar-refractivity contribution in [2.75, 3.05) is 24.2 Å². The Labute approximate surface area is 127 Å². The molecule has 0 radical (unpaired) electrons. The number of nitrogens with two attached hydrogens (primary N) is 1. The van der Waals surface area contributed by atoms with Crippen molar-refractivity contribution in [3.8, 4) is 0 Å². The monoisotopic (exact) mass is 330 g/mol. The topological polar surface area (TPSA) is 99.2 Å².